The first kappa shape index (κ1) is 22.4. The van der Waals surface area contributed by atoms with E-state index in [9.17, 15) is 4.79 Å². The number of carbonyl (C=O) groups excluding carboxylic acids is 1. The minimum absolute atomic E-state index is 0.0876. The maximum absolute atomic E-state index is 13.0. The van der Waals surface area contributed by atoms with E-state index < -0.39 is 0 Å². The number of nitrogens with one attached hydrogen (secondary N) is 1. The summed E-state index contributed by atoms with van der Waals surface area (Å²) in [6.07, 6.45) is 0.992. The van der Waals surface area contributed by atoms with Crippen LogP contribution in [0.1, 0.15) is 20.9 Å². The van der Waals surface area contributed by atoms with Gasteiger partial charge in [-0.15, -0.1) is 10.2 Å². The zero-order chi connectivity index (χ0) is 22.3. The molecule has 1 N–H and O–H groups in total. The maximum atomic E-state index is 13.0. The molecular formula is C24H25N5OS2. The SMILES string of the molecule is Cc1nnc(Sc2cc(C(=O)NCCN(C)CCc3ccccc3)c3ccccc3n2)s1. The van der Waals surface area contributed by atoms with Crippen LogP contribution in [0.25, 0.3) is 10.9 Å². The topological polar surface area (TPSA) is 71.0 Å². The Balaban J connectivity index is 1.39. The lowest BCUT2D eigenvalue weighted by Crippen LogP contribution is -2.34. The van der Waals surface area contributed by atoms with E-state index in [4.69, 9.17) is 4.98 Å². The maximum Gasteiger partial charge on any atom is 0.252 e. The van der Waals surface area contributed by atoms with Gasteiger partial charge >= 0.3 is 0 Å². The van der Waals surface area contributed by atoms with Gasteiger partial charge in [0.05, 0.1) is 11.1 Å². The molecule has 0 aliphatic carbocycles. The lowest BCUT2D eigenvalue weighted by atomic mass is 10.1. The van der Waals surface area contributed by atoms with E-state index in [0.29, 0.717) is 12.1 Å². The van der Waals surface area contributed by atoms with Gasteiger partial charge in [-0.25, -0.2) is 4.98 Å². The first-order valence-corrected chi connectivity index (χ1v) is 12.1. The van der Waals surface area contributed by atoms with Crippen LogP contribution in [0, 0.1) is 6.92 Å². The van der Waals surface area contributed by atoms with Crippen molar-refractivity contribution in [3.8, 4) is 0 Å². The van der Waals surface area contributed by atoms with Crippen LogP contribution in [0.3, 0.4) is 0 Å². The largest absolute Gasteiger partial charge is 0.351 e. The number of benzene rings is 2. The number of hydrogen-bond donors (Lipinski definition) is 1. The highest BCUT2D eigenvalue weighted by atomic mass is 32.2. The average molecular weight is 464 g/mol. The van der Waals surface area contributed by atoms with Crippen molar-refractivity contribution < 1.29 is 4.79 Å². The van der Waals surface area contributed by atoms with E-state index in [2.05, 4.69) is 51.7 Å². The molecule has 0 radical (unpaired) electrons. The van der Waals surface area contributed by atoms with Crippen molar-refractivity contribution >= 4 is 39.9 Å². The molecule has 0 aliphatic heterocycles. The summed E-state index contributed by atoms with van der Waals surface area (Å²) < 4.78 is 0.816. The molecule has 6 nitrogen and oxygen atoms in total. The molecule has 4 aromatic rings. The normalized spacial score (nSPS) is 11.2. The number of aryl methyl sites for hydroxylation is 1. The highest BCUT2D eigenvalue weighted by Crippen LogP contribution is 2.31. The van der Waals surface area contributed by atoms with Crippen molar-refractivity contribution in [3.05, 3.63) is 76.8 Å². The summed E-state index contributed by atoms with van der Waals surface area (Å²) in [6.45, 7) is 4.23. The monoisotopic (exact) mass is 463 g/mol. The van der Waals surface area contributed by atoms with E-state index >= 15 is 0 Å². The molecule has 0 spiro atoms. The molecule has 0 saturated heterocycles. The Morgan fingerprint density at radius 1 is 1.06 bits per heavy atom. The average Bonchev–Trinajstić information content (AvgIpc) is 3.22. The number of hydrogen-bond acceptors (Lipinski definition) is 7. The van der Waals surface area contributed by atoms with Crippen LogP contribution in [0.15, 0.2) is 70.0 Å². The summed E-state index contributed by atoms with van der Waals surface area (Å²) in [7, 11) is 2.08. The van der Waals surface area contributed by atoms with E-state index in [0.717, 1.165) is 44.8 Å². The number of fused-ring (bicyclic) bond motifs is 1. The molecule has 2 aromatic carbocycles. The second-order valence-electron chi connectivity index (χ2n) is 7.51. The summed E-state index contributed by atoms with van der Waals surface area (Å²) in [5.74, 6) is -0.0876. The molecule has 1 amide bonds. The first-order chi connectivity index (χ1) is 15.6. The summed E-state index contributed by atoms with van der Waals surface area (Å²) in [6, 6.07) is 20.0. The molecule has 2 aromatic heterocycles. The Labute approximate surface area is 196 Å². The predicted octanol–water partition coefficient (Wildman–Crippen LogP) is 4.45. The zero-order valence-corrected chi connectivity index (χ0v) is 19.7. The molecule has 2 heterocycles. The number of aromatic nitrogens is 3. The van der Waals surface area contributed by atoms with Gasteiger partial charge in [0.25, 0.3) is 5.91 Å². The lowest BCUT2D eigenvalue weighted by Gasteiger charge is -2.17. The Hall–Kier alpha value is -2.81. The van der Waals surface area contributed by atoms with Gasteiger partial charge in [0.2, 0.25) is 0 Å². The number of nitrogens with zero attached hydrogens (tertiary/aromatic N) is 4. The molecule has 0 unspecified atom stereocenters. The molecule has 0 aliphatic rings. The Morgan fingerprint density at radius 3 is 2.62 bits per heavy atom. The van der Waals surface area contributed by atoms with Gasteiger partial charge < -0.3 is 10.2 Å². The molecular weight excluding hydrogens is 438 g/mol. The summed E-state index contributed by atoms with van der Waals surface area (Å²) >= 11 is 2.95. The predicted molar refractivity (Wildman–Crippen MR) is 130 cm³/mol. The standard InChI is InChI=1S/C24H25N5OS2/c1-17-27-28-24(31-17)32-22-16-20(19-10-6-7-11-21(19)26-22)23(30)25-13-15-29(2)14-12-18-8-4-3-5-9-18/h3-11,16H,12-15H2,1-2H3,(H,25,30). The van der Waals surface area contributed by atoms with Crippen LogP contribution in [-0.2, 0) is 6.42 Å². The Bertz CT molecular complexity index is 1200. The van der Waals surface area contributed by atoms with Crippen LogP contribution < -0.4 is 5.32 Å². The van der Waals surface area contributed by atoms with Gasteiger partial charge in [-0.2, -0.15) is 0 Å². The Kier molecular flexibility index (Phi) is 7.47. The van der Waals surface area contributed by atoms with Gasteiger partial charge in [-0.05, 0) is 49.9 Å². The third-order valence-electron chi connectivity index (χ3n) is 5.04. The molecule has 164 valence electrons. The third kappa shape index (κ3) is 5.91. The van der Waals surface area contributed by atoms with Crippen LogP contribution in [0.4, 0.5) is 0 Å². The number of para-hydroxylation sites is 1. The second kappa shape index (κ2) is 10.7. The zero-order valence-electron chi connectivity index (χ0n) is 18.1. The van der Waals surface area contributed by atoms with Crippen LogP contribution >= 0.6 is 23.1 Å². The Morgan fingerprint density at radius 2 is 1.84 bits per heavy atom. The van der Waals surface area contributed by atoms with Gasteiger partial charge in [-0.3, -0.25) is 4.79 Å². The minimum atomic E-state index is -0.0876. The highest BCUT2D eigenvalue weighted by Gasteiger charge is 2.15. The summed E-state index contributed by atoms with van der Waals surface area (Å²) in [5.41, 5.74) is 2.75. The number of rotatable bonds is 9. The van der Waals surface area contributed by atoms with Crippen molar-refractivity contribution in [2.75, 3.05) is 26.7 Å². The molecule has 0 atom stereocenters. The van der Waals surface area contributed by atoms with Gasteiger partial charge in [0, 0.05) is 25.0 Å². The first-order valence-electron chi connectivity index (χ1n) is 10.5. The van der Waals surface area contributed by atoms with Crippen molar-refractivity contribution in [2.24, 2.45) is 0 Å². The number of pyridine rings is 1. The van der Waals surface area contributed by atoms with E-state index in [-0.39, 0.29) is 5.91 Å². The molecule has 32 heavy (non-hydrogen) atoms. The number of likely N-dealkylation sites (N-methyl/N-ethyl adjacent to an activating group) is 1. The second-order valence-corrected chi connectivity index (χ2v) is 9.96. The quantitative estimate of drug-likeness (QED) is 0.395. The van der Waals surface area contributed by atoms with Crippen molar-refractivity contribution in [1.82, 2.24) is 25.4 Å². The van der Waals surface area contributed by atoms with Gasteiger partial charge in [-0.1, -0.05) is 59.9 Å². The third-order valence-corrected chi connectivity index (χ3v) is 6.85. The summed E-state index contributed by atoms with van der Waals surface area (Å²) in [4.78, 5) is 20.0. The van der Waals surface area contributed by atoms with Crippen LogP contribution in [0.5, 0.6) is 0 Å². The fourth-order valence-corrected chi connectivity index (χ4v) is 5.11. The van der Waals surface area contributed by atoms with Gasteiger partial charge in [0.15, 0.2) is 4.34 Å². The lowest BCUT2D eigenvalue weighted by molar-refractivity contribution is 0.0951. The van der Waals surface area contributed by atoms with Crippen molar-refractivity contribution in [3.63, 3.8) is 0 Å². The molecule has 0 bridgehead atoms. The molecule has 0 saturated carbocycles. The van der Waals surface area contributed by atoms with E-state index in [1.165, 1.54) is 28.7 Å². The fraction of sp³-hybridized carbons (Fsp3) is 0.250. The van der Waals surface area contributed by atoms with Crippen LogP contribution in [-0.4, -0.2) is 52.7 Å². The number of carbonyl (C=O) groups is 1. The summed E-state index contributed by atoms with van der Waals surface area (Å²) in [5, 5.41) is 13.8. The fourth-order valence-electron chi connectivity index (χ4n) is 3.33. The van der Waals surface area contributed by atoms with Crippen molar-refractivity contribution in [2.45, 2.75) is 22.7 Å². The minimum Gasteiger partial charge on any atom is -0.351 e. The van der Waals surface area contributed by atoms with Gasteiger partial charge in [0.1, 0.15) is 10.0 Å². The molecule has 0 fully saturated rings. The highest BCUT2D eigenvalue weighted by molar-refractivity contribution is 8.01. The van der Waals surface area contributed by atoms with E-state index in [1.807, 2.05) is 43.3 Å². The van der Waals surface area contributed by atoms with Crippen LogP contribution in [0.2, 0.25) is 0 Å². The van der Waals surface area contributed by atoms with E-state index in [1.54, 1.807) is 0 Å². The smallest absolute Gasteiger partial charge is 0.252 e. The molecule has 8 heteroatoms. The van der Waals surface area contributed by atoms with Crippen molar-refractivity contribution in [1.29, 1.82) is 0 Å². The molecule has 4 rings (SSSR count). The number of amides is 1.